The molecule has 4 aromatic carbocycles. The van der Waals surface area contributed by atoms with E-state index in [9.17, 15) is 9.59 Å². The number of nitrogens with zero attached hydrogens (tertiary/aromatic N) is 1. The zero-order chi connectivity index (χ0) is 32.7. The summed E-state index contributed by atoms with van der Waals surface area (Å²) in [6.45, 7) is 4.09. The van der Waals surface area contributed by atoms with Gasteiger partial charge in [-0.05, 0) is 59.9 Å². The number of carbonyl (C=O) groups is 2. The van der Waals surface area contributed by atoms with Crippen LogP contribution >= 0.6 is 0 Å². The molecule has 10 rings (SSSR count). The van der Waals surface area contributed by atoms with Gasteiger partial charge in [-0.25, -0.2) is 4.79 Å². The van der Waals surface area contributed by atoms with Crippen LogP contribution in [0, 0.1) is 5.92 Å². The van der Waals surface area contributed by atoms with Crippen LogP contribution in [0.2, 0.25) is 0 Å². The smallest absolute Gasteiger partial charge is 0.345 e. The van der Waals surface area contributed by atoms with Crippen molar-refractivity contribution in [2.24, 2.45) is 5.92 Å². The van der Waals surface area contributed by atoms with Gasteiger partial charge in [0.25, 0.3) is 0 Å². The predicted molar refractivity (Wildman–Crippen MR) is 173 cm³/mol. The molecule has 0 radical (unpaired) electrons. The molecule has 9 nitrogen and oxygen atoms in total. The van der Waals surface area contributed by atoms with E-state index in [1.807, 2.05) is 62.4 Å². The number of ketones is 1. The minimum absolute atomic E-state index is 0.0425. The molecule has 0 N–H and O–H groups in total. The average molecular weight is 642 g/mol. The van der Waals surface area contributed by atoms with Crippen LogP contribution in [0.4, 0.5) is 0 Å². The topological polar surface area (TPSA) is 105 Å². The van der Waals surface area contributed by atoms with E-state index < -0.39 is 46.6 Å². The van der Waals surface area contributed by atoms with Gasteiger partial charge < -0.3 is 23.4 Å². The van der Waals surface area contributed by atoms with E-state index in [2.05, 4.69) is 17.0 Å². The molecule has 0 amide bonds. The lowest BCUT2D eigenvalue weighted by molar-refractivity contribution is -0.248. The number of fused-ring (bicyclic) bond motifs is 10. The second kappa shape index (κ2) is 9.27. The van der Waals surface area contributed by atoms with Crippen molar-refractivity contribution in [3.05, 3.63) is 129 Å². The van der Waals surface area contributed by atoms with Crippen molar-refractivity contribution in [1.29, 1.82) is 0 Å². The molecule has 5 aliphatic rings. The maximum atomic E-state index is 15.7. The van der Waals surface area contributed by atoms with E-state index in [-0.39, 0.29) is 34.1 Å². The molecular weight excluding hydrogens is 610 g/mol. The number of benzene rings is 4. The molecule has 9 heteroatoms. The van der Waals surface area contributed by atoms with Crippen LogP contribution in [0.15, 0.2) is 94.1 Å². The molecule has 0 saturated carbocycles. The Labute approximate surface area is 274 Å². The highest BCUT2D eigenvalue weighted by molar-refractivity contribution is 6.21. The second-order valence-corrected chi connectivity index (χ2v) is 13.9. The van der Waals surface area contributed by atoms with Gasteiger partial charge >= 0.3 is 5.97 Å². The summed E-state index contributed by atoms with van der Waals surface area (Å²) in [7, 11) is 1.23. The van der Waals surface area contributed by atoms with Crippen LogP contribution < -0.4 is 5.43 Å². The Morgan fingerprint density at radius 3 is 2.44 bits per heavy atom. The highest BCUT2D eigenvalue weighted by atomic mass is 16.8. The molecule has 3 saturated heterocycles. The summed E-state index contributed by atoms with van der Waals surface area (Å²) in [5.74, 6) is -2.69. The lowest BCUT2D eigenvalue weighted by Gasteiger charge is -2.47. The number of Topliss-reactive ketones (excluding diaryl/α,β-unsaturated/α-hetero) is 1. The molecule has 0 bridgehead atoms. The Morgan fingerprint density at radius 1 is 0.875 bits per heavy atom. The van der Waals surface area contributed by atoms with Crippen LogP contribution in [0.1, 0.15) is 57.0 Å². The van der Waals surface area contributed by atoms with Crippen LogP contribution in [0.25, 0.3) is 21.7 Å². The first-order valence-electron chi connectivity index (χ1n) is 16.3. The number of hydrogen-bond acceptors (Lipinski definition) is 9. The molecule has 48 heavy (non-hydrogen) atoms. The zero-order valence-corrected chi connectivity index (χ0v) is 26.5. The normalized spacial score (nSPS) is 30.9. The zero-order valence-electron chi connectivity index (χ0n) is 26.5. The summed E-state index contributed by atoms with van der Waals surface area (Å²) in [5.41, 5.74) is -0.375. The first-order chi connectivity index (χ1) is 23.2. The van der Waals surface area contributed by atoms with Crippen molar-refractivity contribution in [3.8, 4) is 0 Å². The van der Waals surface area contributed by atoms with Crippen LogP contribution in [0.5, 0.6) is 0 Å². The monoisotopic (exact) mass is 641 g/mol. The van der Waals surface area contributed by atoms with E-state index in [4.69, 9.17) is 23.4 Å². The Kier molecular flexibility index (Phi) is 5.47. The highest BCUT2D eigenvalue weighted by Gasteiger charge is 2.84. The fourth-order valence-electron chi connectivity index (χ4n) is 9.71. The predicted octanol–water partition coefficient (Wildman–Crippen LogP) is 5.58. The van der Waals surface area contributed by atoms with Gasteiger partial charge in [0, 0.05) is 24.1 Å². The second-order valence-electron chi connectivity index (χ2n) is 13.9. The van der Waals surface area contributed by atoms with Gasteiger partial charge in [-0.1, -0.05) is 72.8 Å². The molecule has 240 valence electrons. The summed E-state index contributed by atoms with van der Waals surface area (Å²) < 4.78 is 32.5. The maximum absolute atomic E-state index is 15.7. The lowest BCUT2D eigenvalue weighted by Crippen LogP contribution is -2.60. The van der Waals surface area contributed by atoms with Crippen LogP contribution in [-0.2, 0) is 43.1 Å². The van der Waals surface area contributed by atoms with Gasteiger partial charge in [0.15, 0.2) is 29.2 Å². The largest absolute Gasteiger partial charge is 0.465 e. The number of rotatable bonds is 2. The van der Waals surface area contributed by atoms with Gasteiger partial charge in [-0.3, -0.25) is 14.5 Å². The van der Waals surface area contributed by atoms with E-state index in [0.717, 1.165) is 27.5 Å². The molecule has 6 atom stereocenters. The summed E-state index contributed by atoms with van der Waals surface area (Å²) >= 11 is 0. The Bertz CT molecular complexity index is 2320. The standard InChI is InChI=1S/C39H31NO8/c1-37(2)46-32-30-26-18-21-10-4-5-11-22(21)19-40(26)38(25-16-9-13-20-12-8-15-24(28(20)25)33(38)42)39(30,48-36(32)47-37)34-29(35(43)44-3)31(41)23-14-6-7-17-27(23)45-34/h4-17,26,30,32,36H,18-19H2,1-3H3/t26?,30?,32-,36+,38+,39-/m1/s1. The van der Waals surface area contributed by atoms with Crippen molar-refractivity contribution in [2.45, 2.75) is 62.2 Å². The minimum atomic E-state index is -1.75. The van der Waals surface area contributed by atoms with E-state index in [0.29, 0.717) is 18.5 Å². The fraction of sp³-hybridized carbons (Fsp3) is 0.308. The summed E-state index contributed by atoms with van der Waals surface area (Å²) in [6.07, 6.45) is -1.000. The third-order valence-corrected chi connectivity index (χ3v) is 11.3. The highest BCUT2D eigenvalue weighted by Crippen LogP contribution is 2.71. The molecule has 1 spiro atoms. The third kappa shape index (κ3) is 3.18. The first kappa shape index (κ1) is 28.4. The minimum Gasteiger partial charge on any atom is -0.465 e. The quantitative estimate of drug-likeness (QED) is 0.228. The SMILES string of the molecule is COC(=O)c1c([C@]23O[C@@H]4OC(C)(C)O[C@@H]4C2C2Cc4ccccc4CN2[C@@]32C(=O)c3cccc4cccc2c34)oc2ccccc2c1=O. The van der Waals surface area contributed by atoms with Gasteiger partial charge in [-0.2, -0.15) is 0 Å². The molecule has 2 unspecified atom stereocenters. The summed E-state index contributed by atoms with van der Waals surface area (Å²) in [4.78, 5) is 46.3. The Morgan fingerprint density at radius 2 is 1.62 bits per heavy atom. The van der Waals surface area contributed by atoms with E-state index in [1.54, 1.807) is 24.3 Å². The van der Waals surface area contributed by atoms with Gasteiger partial charge in [0.05, 0.1) is 12.5 Å². The Hall–Kier alpha value is -4.67. The number of carbonyl (C=O) groups excluding carboxylic acids is 2. The molecule has 5 aromatic rings. The molecular formula is C39H31NO8. The van der Waals surface area contributed by atoms with Crippen LogP contribution in [0.3, 0.4) is 0 Å². The van der Waals surface area contributed by atoms with Crippen LogP contribution in [-0.4, -0.2) is 48.0 Å². The van der Waals surface area contributed by atoms with Crippen molar-refractivity contribution >= 4 is 33.5 Å². The summed E-state index contributed by atoms with van der Waals surface area (Å²) in [5, 5.41) is 1.94. The fourth-order valence-corrected chi connectivity index (χ4v) is 9.71. The molecule has 1 aliphatic carbocycles. The molecule has 1 aromatic heterocycles. The molecule has 5 heterocycles. The van der Waals surface area contributed by atoms with E-state index in [1.165, 1.54) is 7.11 Å². The van der Waals surface area contributed by atoms with Gasteiger partial charge in [0.1, 0.15) is 22.8 Å². The third-order valence-electron chi connectivity index (χ3n) is 11.3. The Balaban J connectivity index is 1.39. The first-order valence-corrected chi connectivity index (χ1v) is 16.3. The van der Waals surface area contributed by atoms with Gasteiger partial charge in [-0.15, -0.1) is 0 Å². The van der Waals surface area contributed by atoms with Crippen molar-refractivity contribution in [3.63, 3.8) is 0 Å². The molecule has 3 fully saturated rings. The van der Waals surface area contributed by atoms with Crippen molar-refractivity contribution in [1.82, 2.24) is 4.90 Å². The summed E-state index contributed by atoms with van der Waals surface area (Å²) in [6, 6.07) is 26.3. The number of methoxy groups -OCH3 is 1. The lowest BCUT2D eigenvalue weighted by atomic mass is 9.67. The van der Waals surface area contributed by atoms with E-state index >= 15 is 4.79 Å². The number of esters is 1. The van der Waals surface area contributed by atoms with Crippen molar-refractivity contribution in [2.75, 3.05) is 7.11 Å². The number of para-hydroxylation sites is 1. The average Bonchev–Trinajstić information content (AvgIpc) is 3.73. The number of ether oxygens (including phenoxy) is 4. The number of hydrogen-bond donors (Lipinski definition) is 0. The van der Waals surface area contributed by atoms with Gasteiger partial charge in [0.2, 0.25) is 5.43 Å². The maximum Gasteiger partial charge on any atom is 0.345 e. The van der Waals surface area contributed by atoms with Crippen molar-refractivity contribution < 1.29 is 33.0 Å². The molecule has 4 aliphatic heterocycles.